The summed E-state index contributed by atoms with van der Waals surface area (Å²) in [6.45, 7) is 1.99. The first-order chi connectivity index (χ1) is 11.2. The van der Waals surface area contributed by atoms with Gasteiger partial charge in [-0.2, -0.15) is 0 Å². The van der Waals surface area contributed by atoms with E-state index in [1.165, 1.54) is 11.8 Å². The van der Waals surface area contributed by atoms with E-state index in [1.54, 1.807) is 0 Å². The number of benzene rings is 2. The average molecular weight is 322 g/mol. The summed E-state index contributed by atoms with van der Waals surface area (Å²) in [5.41, 5.74) is 2.06. The number of nitrogens with zero attached hydrogens (tertiary/aromatic N) is 1. The van der Waals surface area contributed by atoms with Crippen LogP contribution in [0.4, 0.5) is 0 Å². The molecule has 1 atom stereocenters. The lowest BCUT2D eigenvalue weighted by Gasteiger charge is -2.14. The second-order valence-corrected chi connectivity index (χ2v) is 6.33. The number of aromatic nitrogens is 1. The highest BCUT2D eigenvalue weighted by atomic mass is 32.2. The van der Waals surface area contributed by atoms with Crippen LogP contribution in [0.25, 0.3) is 10.9 Å². The molecule has 1 heterocycles. The summed E-state index contributed by atoms with van der Waals surface area (Å²) >= 11 is 1.46. The van der Waals surface area contributed by atoms with Crippen LogP contribution in [-0.2, 0) is 4.79 Å². The molecule has 2 aromatic carbocycles. The standard InChI is InChI=1S/C19H18N2OS/c1-14(15-7-3-2-4-8-15)20-18(22)13-23-19-12-11-16-9-5-6-10-17(16)21-19/h2-12,14H,13H2,1H3,(H,20,22)/t14-/m1/s1. The Hall–Kier alpha value is -2.33. The summed E-state index contributed by atoms with van der Waals surface area (Å²) in [5.74, 6) is 0.379. The number of fused-ring (bicyclic) bond motifs is 1. The molecule has 0 saturated heterocycles. The van der Waals surface area contributed by atoms with Crippen LogP contribution in [0.5, 0.6) is 0 Å². The van der Waals surface area contributed by atoms with E-state index < -0.39 is 0 Å². The first-order valence-electron chi connectivity index (χ1n) is 7.55. The number of thioether (sulfide) groups is 1. The summed E-state index contributed by atoms with van der Waals surface area (Å²) in [7, 11) is 0. The maximum Gasteiger partial charge on any atom is 0.230 e. The lowest BCUT2D eigenvalue weighted by atomic mass is 10.1. The average Bonchev–Trinajstić information content (AvgIpc) is 2.60. The second kappa shape index (κ2) is 7.29. The van der Waals surface area contributed by atoms with E-state index in [9.17, 15) is 4.79 Å². The molecule has 0 aliphatic carbocycles. The molecule has 1 N–H and O–H groups in total. The van der Waals surface area contributed by atoms with Crippen molar-refractivity contribution in [3.05, 3.63) is 72.3 Å². The highest BCUT2D eigenvalue weighted by Gasteiger charge is 2.10. The van der Waals surface area contributed by atoms with Crippen LogP contribution in [0.1, 0.15) is 18.5 Å². The summed E-state index contributed by atoms with van der Waals surface area (Å²) in [6.07, 6.45) is 0. The molecule has 23 heavy (non-hydrogen) atoms. The number of para-hydroxylation sites is 1. The first-order valence-corrected chi connectivity index (χ1v) is 8.54. The maximum atomic E-state index is 12.1. The van der Waals surface area contributed by atoms with Crippen LogP contribution in [-0.4, -0.2) is 16.6 Å². The van der Waals surface area contributed by atoms with Crippen LogP contribution < -0.4 is 5.32 Å². The van der Waals surface area contributed by atoms with E-state index in [1.807, 2.05) is 73.7 Å². The van der Waals surface area contributed by atoms with Crippen molar-refractivity contribution in [2.45, 2.75) is 18.0 Å². The summed E-state index contributed by atoms with van der Waals surface area (Å²) in [4.78, 5) is 16.7. The Labute approximate surface area is 140 Å². The monoisotopic (exact) mass is 322 g/mol. The maximum absolute atomic E-state index is 12.1. The fourth-order valence-corrected chi connectivity index (χ4v) is 3.06. The third-order valence-electron chi connectivity index (χ3n) is 3.60. The zero-order valence-corrected chi connectivity index (χ0v) is 13.7. The SMILES string of the molecule is C[C@@H](NC(=O)CSc1ccc2ccccc2n1)c1ccccc1. The Morgan fingerprint density at radius 2 is 1.78 bits per heavy atom. The zero-order valence-electron chi connectivity index (χ0n) is 12.9. The molecule has 0 spiro atoms. The molecule has 0 radical (unpaired) electrons. The van der Waals surface area contributed by atoms with Crippen molar-refractivity contribution < 1.29 is 4.79 Å². The van der Waals surface area contributed by atoms with Crippen molar-refractivity contribution in [3.8, 4) is 0 Å². The normalized spacial score (nSPS) is 12.0. The summed E-state index contributed by atoms with van der Waals surface area (Å²) in [6, 6.07) is 21.9. The van der Waals surface area contributed by atoms with Crippen LogP contribution in [0.15, 0.2) is 71.8 Å². The van der Waals surface area contributed by atoms with Gasteiger partial charge in [-0.15, -0.1) is 0 Å². The molecule has 3 aromatic rings. The van der Waals surface area contributed by atoms with Crippen molar-refractivity contribution in [1.29, 1.82) is 0 Å². The van der Waals surface area contributed by atoms with Crippen molar-refractivity contribution in [2.24, 2.45) is 0 Å². The van der Waals surface area contributed by atoms with Gasteiger partial charge in [0.15, 0.2) is 0 Å². The minimum absolute atomic E-state index is 0.00821. The van der Waals surface area contributed by atoms with Gasteiger partial charge in [-0.25, -0.2) is 4.98 Å². The Morgan fingerprint density at radius 1 is 1.04 bits per heavy atom. The van der Waals surface area contributed by atoms with Crippen LogP contribution in [0, 0.1) is 0 Å². The summed E-state index contributed by atoms with van der Waals surface area (Å²) < 4.78 is 0. The largest absolute Gasteiger partial charge is 0.349 e. The van der Waals surface area contributed by atoms with Crippen molar-refractivity contribution in [1.82, 2.24) is 10.3 Å². The minimum Gasteiger partial charge on any atom is -0.349 e. The molecule has 0 fully saturated rings. The molecule has 0 aliphatic rings. The molecule has 4 heteroatoms. The van der Waals surface area contributed by atoms with Gasteiger partial charge in [-0.1, -0.05) is 66.4 Å². The Morgan fingerprint density at radius 3 is 2.61 bits per heavy atom. The van der Waals surface area contributed by atoms with E-state index in [4.69, 9.17) is 0 Å². The first kappa shape index (κ1) is 15.6. The predicted octanol–water partition coefficient (Wildman–Crippen LogP) is 4.20. The molecule has 0 bridgehead atoms. The van der Waals surface area contributed by atoms with Gasteiger partial charge >= 0.3 is 0 Å². The molecule has 116 valence electrons. The molecular formula is C19H18N2OS. The number of rotatable bonds is 5. The van der Waals surface area contributed by atoms with Gasteiger partial charge in [0.2, 0.25) is 5.91 Å². The third-order valence-corrected chi connectivity index (χ3v) is 4.53. The Balaban J connectivity index is 1.57. The van der Waals surface area contributed by atoms with Gasteiger partial charge in [0.1, 0.15) is 0 Å². The van der Waals surface area contributed by atoms with E-state index in [-0.39, 0.29) is 11.9 Å². The highest BCUT2D eigenvalue weighted by molar-refractivity contribution is 7.99. The fourth-order valence-electron chi connectivity index (χ4n) is 2.38. The number of amides is 1. The number of carbonyl (C=O) groups is 1. The number of hydrogen-bond donors (Lipinski definition) is 1. The zero-order chi connectivity index (χ0) is 16.1. The molecule has 1 amide bonds. The minimum atomic E-state index is 0.00821. The Kier molecular flexibility index (Phi) is 4.93. The molecule has 1 aromatic heterocycles. The molecular weight excluding hydrogens is 304 g/mol. The van der Waals surface area contributed by atoms with Crippen LogP contribution >= 0.6 is 11.8 Å². The summed E-state index contributed by atoms with van der Waals surface area (Å²) in [5, 5.41) is 4.99. The van der Waals surface area contributed by atoms with Gasteiger partial charge in [0.05, 0.1) is 22.3 Å². The van der Waals surface area contributed by atoms with E-state index >= 15 is 0 Å². The quantitative estimate of drug-likeness (QED) is 0.716. The fraction of sp³-hybridized carbons (Fsp3) is 0.158. The number of carbonyl (C=O) groups excluding carboxylic acids is 1. The van der Waals surface area contributed by atoms with Crippen molar-refractivity contribution in [3.63, 3.8) is 0 Å². The van der Waals surface area contributed by atoms with Crippen molar-refractivity contribution >= 4 is 28.6 Å². The van der Waals surface area contributed by atoms with Crippen molar-refractivity contribution in [2.75, 3.05) is 5.75 Å². The highest BCUT2D eigenvalue weighted by Crippen LogP contribution is 2.20. The molecule has 3 rings (SSSR count). The predicted molar refractivity (Wildman–Crippen MR) is 95.5 cm³/mol. The number of nitrogens with one attached hydrogen (secondary N) is 1. The molecule has 0 saturated carbocycles. The molecule has 3 nitrogen and oxygen atoms in total. The smallest absolute Gasteiger partial charge is 0.230 e. The lowest BCUT2D eigenvalue weighted by molar-refractivity contribution is -0.119. The van der Waals surface area contributed by atoms with Gasteiger partial charge in [0, 0.05) is 5.39 Å². The second-order valence-electron chi connectivity index (χ2n) is 5.33. The Bertz CT molecular complexity index is 805. The van der Waals surface area contributed by atoms with Crippen LogP contribution in [0.2, 0.25) is 0 Å². The van der Waals surface area contributed by atoms with Gasteiger partial charge in [-0.05, 0) is 24.6 Å². The lowest BCUT2D eigenvalue weighted by Crippen LogP contribution is -2.28. The van der Waals surface area contributed by atoms with Gasteiger partial charge in [-0.3, -0.25) is 4.79 Å². The number of hydrogen-bond acceptors (Lipinski definition) is 3. The van der Waals surface area contributed by atoms with E-state index in [0.29, 0.717) is 5.75 Å². The number of pyridine rings is 1. The molecule has 0 aliphatic heterocycles. The third kappa shape index (κ3) is 4.11. The van der Waals surface area contributed by atoms with E-state index in [0.717, 1.165) is 21.5 Å². The molecule has 0 unspecified atom stereocenters. The van der Waals surface area contributed by atoms with Gasteiger partial charge < -0.3 is 5.32 Å². The van der Waals surface area contributed by atoms with Gasteiger partial charge in [0.25, 0.3) is 0 Å². The van der Waals surface area contributed by atoms with E-state index in [2.05, 4.69) is 10.3 Å². The van der Waals surface area contributed by atoms with Crippen LogP contribution in [0.3, 0.4) is 0 Å². The topological polar surface area (TPSA) is 42.0 Å².